The third kappa shape index (κ3) is 2.71. The predicted molar refractivity (Wildman–Crippen MR) is 80.3 cm³/mol. The molecule has 0 saturated carbocycles. The smallest absolute Gasteiger partial charge is 0.356 e. The fraction of sp³-hybridized carbons (Fsp3) is 0.412. The highest BCUT2D eigenvalue weighted by Crippen LogP contribution is 2.33. The Morgan fingerprint density at radius 3 is 3.00 bits per heavy atom. The molecular weight excluding hydrogens is 264 g/mol. The molecule has 0 radical (unpaired) electrons. The summed E-state index contributed by atoms with van der Waals surface area (Å²) < 4.78 is 7.28. The zero-order chi connectivity index (χ0) is 14.8. The van der Waals surface area contributed by atoms with Gasteiger partial charge in [0.1, 0.15) is 5.69 Å². The van der Waals surface area contributed by atoms with Crippen LogP contribution in [0.15, 0.2) is 36.8 Å². The van der Waals surface area contributed by atoms with Gasteiger partial charge < -0.3 is 9.30 Å². The van der Waals surface area contributed by atoms with E-state index in [4.69, 9.17) is 4.74 Å². The second kappa shape index (κ2) is 5.72. The van der Waals surface area contributed by atoms with Crippen LogP contribution in [0.1, 0.15) is 54.3 Å². The highest BCUT2D eigenvalue weighted by Gasteiger charge is 2.25. The molecule has 0 aliphatic heterocycles. The minimum atomic E-state index is -0.300. The van der Waals surface area contributed by atoms with Crippen molar-refractivity contribution in [2.45, 2.75) is 45.3 Å². The Labute approximate surface area is 124 Å². The van der Waals surface area contributed by atoms with Crippen molar-refractivity contribution in [1.29, 1.82) is 0 Å². The van der Waals surface area contributed by atoms with Gasteiger partial charge in [-0.05, 0) is 44.2 Å². The first-order valence-electron chi connectivity index (χ1n) is 7.47. The van der Waals surface area contributed by atoms with E-state index in [1.807, 2.05) is 18.4 Å². The molecule has 0 fully saturated rings. The van der Waals surface area contributed by atoms with Crippen molar-refractivity contribution in [3.63, 3.8) is 0 Å². The first kappa shape index (κ1) is 13.9. The Balaban J connectivity index is 1.96. The molecule has 1 atom stereocenters. The second-order valence-corrected chi connectivity index (χ2v) is 5.75. The van der Waals surface area contributed by atoms with Crippen LogP contribution in [-0.4, -0.2) is 21.6 Å². The summed E-state index contributed by atoms with van der Waals surface area (Å²) >= 11 is 0. The Morgan fingerprint density at radius 1 is 1.38 bits per heavy atom. The van der Waals surface area contributed by atoms with E-state index >= 15 is 0 Å². The number of nitrogens with zero attached hydrogens (tertiary/aromatic N) is 2. The highest BCUT2D eigenvalue weighted by molar-refractivity contribution is 5.87. The van der Waals surface area contributed by atoms with E-state index in [1.54, 1.807) is 12.5 Å². The molecule has 0 saturated heterocycles. The maximum Gasteiger partial charge on any atom is 0.356 e. The zero-order valence-corrected chi connectivity index (χ0v) is 12.5. The highest BCUT2D eigenvalue weighted by atomic mass is 16.5. The maximum atomic E-state index is 12.2. The lowest BCUT2D eigenvalue weighted by Gasteiger charge is -2.27. The van der Waals surface area contributed by atoms with Crippen LogP contribution in [0, 0.1) is 0 Å². The van der Waals surface area contributed by atoms with E-state index in [0.717, 1.165) is 19.3 Å². The molecule has 21 heavy (non-hydrogen) atoms. The zero-order valence-electron chi connectivity index (χ0n) is 12.5. The number of carbonyl (C=O) groups is 1. The Morgan fingerprint density at radius 2 is 2.19 bits per heavy atom. The summed E-state index contributed by atoms with van der Waals surface area (Å²) in [5.74, 6) is -0.300. The molecule has 1 aliphatic carbocycles. The van der Waals surface area contributed by atoms with Gasteiger partial charge in [0.2, 0.25) is 0 Å². The van der Waals surface area contributed by atoms with Gasteiger partial charge in [-0.3, -0.25) is 0 Å². The van der Waals surface area contributed by atoms with Gasteiger partial charge in [-0.2, -0.15) is 0 Å². The molecule has 110 valence electrons. The van der Waals surface area contributed by atoms with Crippen LogP contribution >= 0.6 is 0 Å². The van der Waals surface area contributed by atoms with Crippen LogP contribution in [0.4, 0.5) is 0 Å². The number of esters is 1. The van der Waals surface area contributed by atoms with Gasteiger partial charge in [-0.15, -0.1) is 0 Å². The lowest BCUT2D eigenvalue weighted by atomic mass is 9.87. The Hall–Kier alpha value is -2.10. The maximum absolute atomic E-state index is 12.2. The van der Waals surface area contributed by atoms with Crippen LogP contribution in [0.3, 0.4) is 0 Å². The number of aryl methyl sites for hydroxylation is 1. The van der Waals surface area contributed by atoms with Gasteiger partial charge in [0.25, 0.3) is 0 Å². The number of hydrogen-bond acceptors (Lipinski definition) is 3. The van der Waals surface area contributed by atoms with E-state index in [1.165, 1.54) is 11.1 Å². The molecule has 0 N–H and O–H groups in total. The van der Waals surface area contributed by atoms with E-state index in [-0.39, 0.29) is 18.1 Å². The first-order valence-corrected chi connectivity index (χ1v) is 7.47. The third-order valence-electron chi connectivity index (χ3n) is 3.89. The van der Waals surface area contributed by atoms with Gasteiger partial charge >= 0.3 is 5.97 Å². The summed E-state index contributed by atoms with van der Waals surface area (Å²) in [6.45, 7) is 3.71. The van der Waals surface area contributed by atoms with E-state index < -0.39 is 0 Å². The number of ether oxygens (including phenoxy) is 1. The van der Waals surface area contributed by atoms with Gasteiger partial charge in [0, 0.05) is 0 Å². The topological polar surface area (TPSA) is 44.1 Å². The summed E-state index contributed by atoms with van der Waals surface area (Å²) in [5, 5.41) is 0. The summed E-state index contributed by atoms with van der Waals surface area (Å²) in [6.07, 6.45) is 6.46. The summed E-state index contributed by atoms with van der Waals surface area (Å²) in [4.78, 5) is 16.4. The molecule has 1 aromatic carbocycles. The Kier molecular flexibility index (Phi) is 3.78. The first-order chi connectivity index (χ1) is 10.2. The number of carbonyl (C=O) groups excluding carboxylic acids is 1. The molecule has 3 rings (SSSR count). The molecule has 1 aromatic heterocycles. The molecular formula is C17H20N2O2. The van der Waals surface area contributed by atoms with Crippen molar-refractivity contribution < 1.29 is 9.53 Å². The molecule has 0 amide bonds. The van der Waals surface area contributed by atoms with E-state index in [2.05, 4.69) is 29.2 Å². The van der Waals surface area contributed by atoms with Crippen molar-refractivity contribution >= 4 is 5.97 Å². The molecule has 0 spiro atoms. The number of rotatable bonds is 3. The molecule has 4 nitrogen and oxygen atoms in total. The Bertz CT molecular complexity index is 646. The molecule has 2 aromatic rings. The summed E-state index contributed by atoms with van der Waals surface area (Å²) in [7, 11) is 0. The molecule has 4 heteroatoms. The van der Waals surface area contributed by atoms with Gasteiger partial charge in [0.05, 0.1) is 24.7 Å². The van der Waals surface area contributed by atoms with Crippen molar-refractivity contribution in [2.75, 3.05) is 0 Å². The van der Waals surface area contributed by atoms with Crippen molar-refractivity contribution in [3.8, 4) is 0 Å². The van der Waals surface area contributed by atoms with Gasteiger partial charge in [-0.1, -0.05) is 24.3 Å². The van der Waals surface area contributed by atoms with Crippen molar-refractivity contribution in [2.24, 2.45) is 0 Å². The largest absolute Gasteiger partial charge is 0.458 e. The molecule has 1 aliphatic rings. The molecule has 1 unspecified atom stereocenters. The van der Waals surface area contributed by atoms with Crippen LogP contribution < -0.4 is 0 Å². The minimum absolute atomic E-state index is 0.125. The number of benzene rings is 1. The standard InChI is InChI=1S/C17H20N2O2/c1-12(2)21-17(20)16-10-18-11-19(16)15-9-5-7-13-6-3-4-8-14(13)15/h3-4,6,8,10-12,15H,5,7,9H2,1-2H3. The number of imidazole rings is 1. The summed E-state index contributed by atoms with van der Waals surface area (Å²) in [6, 6.07) is 8.62. The quantitative estimate of drug-likeness (QED) is 0.812. The monoisotopic (exact) mass is 284 g/mol. The number of hydrogen-bond donors (Lipinski definition) is 0. The molecule has 1 heterocycles. The van der Waals surface area contributed by atoms with Crippen LogP contribution in [0.25, 0.3) is 0 Å². The minimum Gasteiger partial charge on any atom is -0.458 e. The van der Waals surface area contributed by atoms with Crippen molar-refractivity contribution in [3.05, 3.63) is 53.6 Å². The second-order valence-electron chi connectivity index (χ2n) is 5.75. The fourth-order valence-corrected chi connectivity index (χ4v) is 3.00. The van der Waals surface area contributed by atoms with Crippen molar-refractivity contribution in [1.82, 2.24) is 9.55 Å². The SMILES string of the molecule is CC(C)OC(=O)c1cncn1C1CCCc2ccccc21. The predicted octanol–water partition coefficient (Wildman–Crippen LogP) is 3.37. The van der Waals surface area contributed by atoms with Gasteiger partial charge in [-0.25, -0.2) is 9.78 Å². The molecule has 0 bridgehead atoms. The fourth-order valence-electron chi connectivity index (χ4n) is 3.00. The number of fused-ring (bicyclic) bond motifs is 1. The average Bonchev–Trinajstić information content (AvgIpc) is 2.95. The summed E-state index contributed by atoms with van der Waals surface area (Å²) in [5.41, 5.74) is 3.19. The third-order valence-corrected chi connectivity index (χ3v) is 3.89. The van der Waals surface area contributed by atoms with Crippen LogP contribution in [0.5, 0.6) is 0 Å². The van der Waals surface area contributed by atoms with Crippen LogP contribution in [-0.2, 0) is 11.2 Å². The lowest BCUT2D eigenvalue weighted by Crippen LogP contribution is -2.22. The number of aromatic nitrogens is 2. The van der Waals surface area contributed by atoms with E-state index in [0.29, 0.717) is 5.69 Å². The van der Waals surface area contributed by atoms with Crippen LogP contribution in [0.2, 0.25) is 0 Å². The average molecular weight is 284 g/mol. The van der Waals surface area contributed by atoms with E-state index in [9.17, 15) is 4.79 Å². The van der Waals surface area contributed by atoms with Gasteiger partial charge in [0.15, 0.2) is 0 Å². The normalized spacial score (nSPS) is 17.6. The lowest BCUT2D eigenvalue weighted by molar-refractivity contribution is 0.0363.